The first kappa shape index (κ1) is 43.8. The molecule has 0 spiro atoms. The maximum absolute atomic E-state index is 13.8. The summed E-state index contributed by atoms with van der Waals surface area (Å²) in [5, 5.41) is 5.35. The lowest BCUT2D eigenvalue weighted by atomic mass is 10.0. The number of H-pyrrole nitrogens is 2. The molecule has 57 heavy (non-hydrogen) atoms. The zero-order chi connectivity index (χ0) is 38.9. The van der Waals surface area contributed by atoms with Crippen LogP contribution in [0.25, 0.3) is 11.3 Å². The molecule has 2 fully saturated rings. The van der Waals surface area contributed by atoms with Crippen molar-refractivity contribution in [1.82, 2.24) is 40.4 Å². The van der Waals surface area contributed by atoms with Gasteiger partial charge in [0.2, 0.25) is 5.91 Å². The van der Waals surface area contributed by atoms with Crippen molar-refractivity contribution in [1.29, 1.82) is 0 Å². The zero-order valence-corrected chi connectivity index (χ0v) is 33.7. The van der Waals surface area contributed by atoms with Crippen LogP contribution in [0.5, 0.6) is 0 Å². The first-order valence-corrected chi connectivity index (χ1v) is 18.2. The van der Waals surface area contributed by atoms with Crippen molar-refractivity contribution in [3.63, 3.8) is 0 Å². The zero-order valence-electron chi connectivity index (χ0n) is 32.0. The highest BCUT2D eigenvalue weighted by molar-refractivity contribution is 5.88. The van der Waals surface area contributed by atoms with Gasteiger partial charge in [-0.25, -0.2) is 19.6 Å². The number of carbonyl (C=O) groups excluding carboxylic acids is 4. The van der Waals surface area contributed by atoms with Gasteiger partial charge in [0.1, 0.15) is 29.4 Å². The molecule has 4 heterocycles. The third-order valence-corrected chi connectivity index (χ3v) is 9.78. The van der Waals surface area contributed by atoms with Gasteiger partial charge in [0, 0.05) is 18.7 Å². The van der Waals surface area contributed by atoms with Crippen molar-refractivity contribution in [3.05, 3.63) is 95.5 Å². The average Bonchev–Trinajstić information content (AvgIpc) is 4.04. The highest BCUT2D eigenvalue weighted by Crippen LogP contribution is 2.34. The van der Waals surface area contributed by atoms with Crippen molar-refractivity contribution in [3.8, 4) is 34.9 Å². The van der Waals surface area contributed by atoms with Crippen molar-refractivity contribution in [2.45, 2.75) is 63.7 Å². The fraction of sp³-hybridized carbons (Fsp3) is 0.366. The minimum absolute atomic E-state index is 0. The number of hydrogen-bond acceptors (Lipinski definition) is 8. The highest BCUT2D eigenvalue weighted by atomic mass is 35.5. The lowest BCUT2D eigenvalue weighted by Crippen LogP contribution is -2.51. The van der Waals surface area contributed by atoms with E-state index in [-0.39, 0.29) is 54.6 Å². The number of aromatic nitrogens is 4. The van der Waals surface area contributed by atoms with E-state index in [0.717, 1.165) is 42.5 Å². The van der Waals surface area contributed by atoms with Crippen molar-refractivity contribution >= 4 is 48.8 Å². The minimum Gasteiger partial charge on any atom is -0.453 e. The monoisotopic (exact) mass is 816 g/mol. The van der Waals surface area contributed by atoms with Gasteiger partial charge >= 0.3 is 12.2 Å². The highest BCUT2D eigenvalue weighted by Gasteiger charge is 2.38. The van der Waals surface area contributed by atoms with Crippen LogP contribution in [0, 0.1) is 29.6 Å². The number of halogens is 2. The maximum Gasteiger partial charge on any atom is 0.407 e. The Bertz CT molecular complexity index is 2130. The summed E-state index contributed by atoms with van der Waals surface area (Å²) in [7, 11) is 2.54. The Morgan fingerprint density at radius 2 is 1.33 bits per heavy atom. The summed E-state index contributed by atoms with van der Waals surface area (Å²) in [4.78, 5) is 70.5. The second-order valence-electron chi connectivity index (χ2n) is 13.7. The summed E-state index contributed by atoms with van der Waals surface area (Å²) >= 11 is 0. The SMILES string of the molecule is COC(=O)N[C@H](C(=O)N1CCC[C@H]1c1ncc(C#CC#Cc2ccc(-c3cnc([C@@H]4CCCN4C(=O)[C@H](NC(=O)OC)c4ccccc4)[nH]3)cc2)[nH]1)C(C)C.Cl.Cl. The number of nitrogens with zero attached hydrogens (tertiary/aromatic N) is 4. The second-order valence-corrected chi connectivity index (χ2v) is 13.7. The molecule has 0 unspecified atom stereocenters. The smallest absolute Gasteiger partial charge is 0.407 e. The number of likely N-dealkylation sites (tertiary alicyclic amines) is 2. The van der Waals surface area contributed by atoms with Gasteiger partial charge in [-0.05, 0) is 72.6 Å². The lowest BCUT2D eigenvalue weighted by molar-refractivity contribution is -0.135. The van der Waals surface area contributed by atoms with E-state index in [4.69, 9.17) is 9.47 Å². The van der Waals surface area contributed by atoms with Crippen molar-refractivity contribution < 1.29 is 28.7 Å². The number of imidazole rings is 2. The predicted octanol–water partition coefficient (Wildman–Crippen LogP) is 5.85. The molecule has 0 radical (unpaired) electrons. The van der Waals surface area contributed by atoms with E-state index < -0.39 is 24.3 Å². The summed E-state index contributed by atoms with van der Waals surface area (Å²) < 4.78 is 9.52. The molecule has 2 aliphatic rings. The molecular weight excluding hydrogens is 771 g/mol. The van der Waals surface area contributed by atoms with Gasteiger partial charge in [0.15, 0.2) is 0 Å². The van der Waals surface area contributed by atoms with Gasteiger partial charge in [0.05, 0.1) is 44.4 Å². The predicted molar refractivity (Wildman–Crippen MR) is 217 cm³/mol. The molecule has 2 aromatic heterocycles. The average molecular weight is 818 g/mol. The molecule has 4 atom stereocenters. The maximum atomic E-state index is 13.8. The number of aromatic amines is 2. The summed E-state index contributed by atoms with van der Waals surface area (Å²) in [6.45, 7) is 4.86. The van der Waals surface area contributed by atoms with Crippen molar-refractivity contribution in [2.24, 2.45) is 5.92 Å². The van der Waals surface area contributed by atoms with E-state index in [2.05, 4.69) is 54.3 Å². The molecule has 300 valence electrons. The Hall–Kier alpha value is -5.96. The van der Waals surface area contributed by atoms with E-state index in [0.29, 0.717) is 36.0 Å². The number of carbonyl (C=O) groups is 4. The van der Waals surface area contributed by atoms with Crippen LogP contribution in [0.15, 0.2) is 67.0 Å². The van der Waals surface area contributed by atoms with Gasteiger partial charge in [-0.2, -0.15) is 0 Å². The Morgan fingerprint density at radius 3 is 1.96 bits per heavy atom. The number of nitrogens with one attached hydrogen (secondary N) is 4. The summed E-state index contributed by atoms with van der Waals surface area (Å²) in [6, 6.07) is 14.7. The first-order chi connectivity index (χ1) is 26.7. The van der Waals surface area contributed by atoms with Crippen LogP contribution in [-0.2, 0) is 19.1 Å². The molecule has 2 aliphatic heterocycles. The van der Waals surface area contributed by atoms with E-state index >= 15 is 0 Å². The number of ether oxygens (including phenoxy) is 2. The van der Waals surface area contributed by atoms with E-state index in [1.807, 2.05) is 56.3 Å². The summed E-state index contributed by atoms with van der Waals surface area (Å²) in [5.41, 5.74) is 3.74. The van der Waals surface area contributed by atoms with Gasteiger partial charge in [-0.15, -0.1) is 24.8 Å². The van der Waals surface area contributed by atoms with Gasteiger partial charge in [-0.1, -0.05) is 62.2 Å². The molecule has 4 amide bonds. The molecule has 0 aliphatic carbocycles. The van der Waals surface area contributed by atoms with E-state index in [9.17, 15) is 19.2 Å². The molecule has 6 rings (SSSR count). The first-order valence-electron chi connectivity index (χ1n) is 18.2. The van der Waals surface area contributed by atoms with Crippen LogP contribution >= 0.6 is 24.8 Å². The summed E-state index contributed by atoms with van der Waals surface area (Å²) in [6.07, 6.45) is 5.17. The van der Waals surface area contributed by atoms with Gasteiger partial charge in [0.25, 0.3) is 5.91 Å². The molecule has 16 heteroatoms. The molecule has 4 aromatic rings. The van der Waals surface area contributed by atoms with Crippen LogP contribution in [0.3, 0.4) is 0 Å². The topological polar surface area (TPSA) is 175 Å². The molecule has 0 saturated carbocycles. The minimum atomic E-state index is -0.888. The molecule has 4 N–H and O–H groups in total. The Balaban J connectivity index is 0.00000360. The number of rotatable bonds is 9. The number of hydrogen-bond donors (Lipinski definition) is 4. The molecule has 0 bridgehead atoms. The van der Waals surface area contributed by atoms with Crippen LogP contribution in [0.4, 0.5) is 9.59 Å². The fourth-order valence-electron chi connectivity index (χ4n) is 6.94. The summed E-state index contributed by atoms with van der Waals surface area (Å²) in [5.74, 6) is 12.6. The Labute approximate surface area is 344 Å². The Morgan fingerprint density at radius 1 is 0.754 bits per heavy atom. The number of alkyl carbamates (subject to hydrolysis) is 2. The lowest BCUT2D eigenvalue weighted by Gasteiger charge is -2.29. The second kappa shape index (κ2) is 20.3. The van der Waals surface area contributed by atoms with Crippen LogP contribution in [0.2, 0.25) is 0 Å². The molecular formula is C41H46Cl2N8O6. The molecule has 2 saturated heterocycles. The van der Waals surface area contributed by atoms with Gasteiger partial charge in [-0.3, -0.25) is 9.59 Å². The van der Waals surface area contributed by atoms with E-state index in [1.54, 1.807) is 34.3 Å². The van der Waals surface area contributed by atoms with Gasteiger partial charge < -0.3 is 39.9 Å². The Kier molecular flexibility index (Phi) is 15.6. The van der Waals surface area contributed by atoms with Crippen LogP contribution < -0.4 is 10.6 Å². The fourth-order valence-corrected chi connectivity index (χ4v) is 6.94. The number of benzene rings is 2. The third kappa shape index (κ3) is 10.5. The largest absolute Gasteiger partial charge is 0.453 e. The van der Waals surface area contributed by atoms with Crippen LogP contribution in [-0.4, -0.2) is 87.1 Å². The quantitative estimate of drug-likeness (QED) is 0.152. The van der Waals surface area contributed by atoms with E-state index in [1.165, 1.54) is 14.2 Å². The number of amides is 4. The molecule has 2 aromatic carbocycles. The number of methoxy groups -OCH3 is 2. The standard InChI is InChI=1S/C41H44N8O6.2ClH/c1-26(2)34(46-40(52)54-3)38(50)48-22-10-16-32(48)36-42-24-30(44-36)15-9-8-12-27-18-20-28(21-19-27)31-25-43-37(45-31)33-17-11-23-49(33)39(51)35(47-41(53)55-4)29-13-6-5-7-14-29;;/h5-7,13-14,18-21,24-26,32-35H,10-11,16-17,22-23H2,1-4H3,(H,42,44)(H,43,45)(H,46,52)(H,47,53);2*1H/t32-,33-,34-,35+;;/m0../s1. The third-order valence-electron chi connectivity index (χ3n) is 9.78. The molecule has 14 nitrogen and oxygen atoms in total. The normalized spacial score (nSPS) is 16.7. The van der Waals surface area contributed by atoms with Crippen molar-refractivity contribution in [2.75, 3.05) is 27.3 Å². The van der Waals surface area contributed by atoms with Crippen LogP contribution in [0.1, 0.15) is 86.1 Å².